The highest BCUT2D eigenvalue weighted by atomic mass is 32.2. The Morgan fingerprint density at radius 2 is 2.05 bits per heavy atom. The maximum atomic E-state index is 13.2. The van der Waals surface area contributed by atoms with Crippen LogP contribution in [0.5, 0.6) is 0 Å². The van der Waals surface area contributed by atoms with Gasteiger partial charge in [-0.3, -0.25) is 0 Å². The van der Waals surface area contributed by atoms with Crippen LogP contribution in [0.1, 0.15) is 12.8 Å². The molecule has 6 heteroatoms. The van der Waals surface area contributed by atoms with E-state index in [4.69, 9.17) is 0 Å². The Hall–Kier alpha value is -0.880. The molecule has 0 N–H and O–H groups in total. The van der Waals surface area contributed by atoms with Crippen LogP contribution >= 0.6 is 23.1 Å². The number of fused-ring (bicyclic) bond motifs is 1. The Labute approximate surface area is 118 Å². The summed E-state index contributed by atoms with van der Waals surface area (Å²) in [5.41, 5.74) is 0.954. The van der Waals surface area contributed by atoms with Gasteiger partial charge in [0.25, 0.3) is 5.92 Å². The predicted octanol–water partition coefficient (Wildman–Crippen LogP) is 4.25. The van der Waals surface area contributed by atoms with E-state index in [0.717, 1.165) is 15.3 Å². The first kappa shape index (κ1) is 13.1. The van der Waals surface area contributed by atoms with Crippen LogP contribution in [0.3, 0.4) is 0 Å². The van der Waals surface area contributed by atoms with E-state index in [1.807, 2.05) is 23.3 Å². The minimum Gasteiger partial charge on any atom is -0.348 e. The van der Waals surface area contributed by atoms with Crippen molar-refractivity contribution < 1.29 is 8.78 Å². The van der Waals surface area contributed by atoms with Crippen molar-refractivity contribution in [1.29, 1.82) is 0 Å². The fraction of sp³-hybridized carbons (Fsp3) is 0.462. The van der Waals surface area contributed by atoms with Crippen LogP contribution in [0, 0.1) is 0 Å². The smallest absolute Gasteiger partial charge is 0.251 e. The Bertz CT molecular complexity index is 587. The highest BCUT2D eigenvalue weighted by Crippen LogP contribution is 2.35. The van der Waals surface area contributed by atoms with Crippen molar-refractivity contribution in [2.24, 2.45) is 0 Å². The van der Waals surface area contributed by atoms with Gasteiger partial charge in [0.1, 0.15) is 0 Å². The summed E-state index contributed by atoms with van der Waals surface area (Å²) in [6.07, 6.45) is 1.90. The normalized spacial score (nSPS) is 19.0. The number of halogens is 2. The second-order valence-electron chi connectivity index (χ2n) is 4.67. The molecule has 3 rings (SSSR count). The fourth-order valence-electron chi connectivity index (χ4n) is 2.18. The molecule has 1 aliphatic heterocycles. The van der Waals surface area contributed by atoms with E-state index in [-0.39, 0.29) is 12.8 Å². The van der Waals surface area contributed by atoms with Gasteiger partial charge in [-0.15, -0.1) is 11.8 Å². The standard InChI is InChI=1S/C13H14F2N2S2/c1-18-9-2-3-10-11(8-9)19-12(16-10)17-6-4-13(14,15)5-7-17/h2-3,8H,4-7H2,1H3. The molecular weight excluding hydrogens is 286 g/mol. The molecule has 0 radical (unpaired) electrons. The summed E-state index contributed by atoms with van der Waals surface area (Å²) in [5, 5.41) is 0.865. The van der Waals surface area contributed by atoms with Gasteiger partial charge in [0.2, 0.25) is 0 Å². The maximum absolute atomic E-state index is 13.2. The molecule has 0 spiro atoms. The number of thioether (sulfide) groups is 1. The van der Waals surface area contributed by atoms with Gasteiger partial charge in [-0.1, -0.05) is 11.3 Å². The van der Waals surface area contributed by atoms with Crippen molar-refractivity contribution in [3.8, 4) is 0 Å². The maximum Gasteiger partial charge on any atom is 0.251 e. The zero-order valence-corrected chi connectivity index (χ0v) is 12.2. The number of alkyl halides is 2. The van der Waals surface area contributed by atoms with Gasteiger partial charge in [0.05, 0.1) is 10.2 Å². The van der Waals surface area contributed by atoms with Gasteiger partial charge in [0.15, 0.2) is 5.13 Å². The van der Waals surface area contributed by atoms with E-state index in [0.29, 0.717) is 13.1 Å². The zero-order chi connectivity index (χ0) is 13.5. The van der Waals surface area contributed by atoms with Crippen molar-refractivity contribution in [2.45, 2.75) is 23.7 Å². The topological polar surface area (TPSA) is 16.1 Å². The van der Waals surface area contributed by atoms with E-state index in [2.05, 4.69) is 11.1 Å². The summed E-state index contributed by atoms with van der Waals surface area (Å²) in [7, 11) is 0. The number of nitrogens with zero attached hydrogens (tertiary/aromatic N) is 2. The third kappa shape index (κ3) is 2.69. The Morgan fingerprint density at radius 1 is 1.32 bits per heavy atom. The SMILES string of the molecule is CSc1ccc2nc(N3CCC(F)(F)CC3)sc2c1. The molecule has 0 saturated carbocycles. The number of benzene rings is 1. The molecule has 2 aromatic rings. The Morgan fingerprint density at radius 3 is 2.74 bits per heavy atom. The van der Waals surface area contributed by atoms with Crippen LogP contribution in [-0.2, 0) is 0 Å². The third-order valence-corrected chi connectivity index (χ3v) is 5.15. The van der Waals surface area contributed by atoms with Crippen molar-refractivity contribution in [3.05, 3.63) is 18.2 Å². The number of thiazole rings is 1. The molecule has 19 heavy (non-hydrogen) atoms. The molecule has 0 aliphatic carbocycles. The van der Waals surface area contributed by atoms with Crippen molar-refractivity contribution in [3.63, 3.8) is 0 Å². The highest BCUT2D eigenvalue weighted by Gasteiger charge is 2.34. The number of hydrogen-bond acceptors (Lipinski definition) is 4. The molecular formula is C13H14F2N2S2. The molecule has 2 heterocycles. The summed E-state index contributed by atoms with van der Waals surface area (Å²) in [5.74, 6) is -2.50. The summed E-state index contributed by atoms with van der Waals surface area (Å²) in [6, 6.07) is 6.15. The second kappa shape index (κ2) is 4.90. The molecule has 0 atom stereocenters. The summed E-state index contributed by atoms with van der Waals surface area (Å²) in [4.78, 5) is 7.72. The van der Waals surface area contributed by atoms with Crippen molar-refractivity contribution in [2.75, 3.05) is 24.2 Å². The minimum absolute atomic E-state index is 0.0704. The molecule has 0 bridgehead atoms. The lowest BCUT2D eigenvalue weighted by atomic mass is 10.1. The molecule has 1 aliphatic rings. The van der Waals surface area contributed by atoms with Crippen LogP contribution in [-0.4, -0.2) is 30.3 Å². The first-order chi connectivity index (χ1) is 9.07. The van der Waals surface area contributed by atoms with Gasteiger partial charge in [0, 0.05) is 30.8 Å². The van der Waals surface area contributed by atoms with E-state index >= 15 is 0 Å². The van der Waals surface area contributed by atoms with Crippen LogP contribution in [0.2, 0.25) is 0 Å². The first-order valence-electron chi connectivity index (χ1n) is 6.15. The number of rotatable bonds is 2. The summed E-state index contributed by atoms with van der Waals surface area (Å²) < 4.78 is 27.4. The van der Waals surface area contributed by atoms with Crippen LogP contribution < -0.4 is 4.90 Å². The van der Waals surface area contributed by atoms with E-state index in [1.165, 1.54) is 4.90 Å². The summed E-state index contributed by atoms with van der Waals surface area (Å²) in [6.45, 7) is 0.782. The Balaban J connectivity index is 1.85. The van der Waals surface area contributed by atoms with E-state index < -0.39 is 5.92 Å². The van der Waals surface area contributed by atoms with Crippen molar-refractivity contribution >= 4 is 38.4 Å². The van der Waals surface area contributed by atoms with Gasteiger partial charge in [-0.05, 0) is 24.5 Å². The van der Waals surface area contributed by atoms with E-state index in [9.17, 15) is 8.78 Å². The second-order valence-corrected chi connectivity index (χ2v) is 6.56. The van der Waals surface area contributed by atoms with Crippen molar-refractivity contribution in [1.82, 2.24) is 4.98 Å². The van der Waals surface area contributed by atoms with Crippen LogP contribution in [0.15, 0.2) is 23.1 Å². The first-order valence-corrected chi connectivity index (χ1v) is 8.19. The largest absolute Gasteiger partial charge is 0.348 e. The molecule has 0 amide bonds. The minimum atomic E-state index is -2.50. The van der Waals surface area contributed by atoms with Crippen LogP contribution in [0.25, 0.3) is 10.2 Å². The average molecular weight is 300 g/mol. The molecule has 1 fully saturated rings. The molecule has 1 aromatic carbocycles. The third-order valence-electron chi connectivity index (χ3n) is 3.35. The van der Waals surface area contributed by atoms with Gasteiger partial charge in [-0.2, -0.15) is 0 Å². The molecule has 102 valence electrons. The van der Waals surface area contributed by atoms with E-state index in [1.54, 1.807) is 23.1 Å². The van der Waals surface area contributed by atoms with Gasteiger partial charge < -0.3 is 4.90 Å². The lowest BCUT2D eigenvalue weighted by Gasteiger charge is -2.31. The predicted molar refractivity (Wildman–Crippen MR) is 77.8 cm³/mol. The molecule has 0 unspecified atom stereocenters. The summed E-state index contributed by atoms with van der Waals surface area (Å²) >= 11 is 3.28. The number of aromatic nitrogens is 1. The monoisotopic (exact) mass is 300 g/mol. The number of anilines is 1. The Kier molecular flexibility index (Phi) is 3.39. The zero-order valence-electron chi connectivity index (χ0n) is 10.5. The van der Waals surface area contributed by atoms with Gasteiger partial charge >= 0.3 is 0 Å². The molecule has 1 saturated heterocycles. The molecule has 1 aromatic heterocycles. The van der Waals surface area contributed by atoms with Crippen LogP contribution in [0.4, 0.5) is 13.9 Å². The average Bonchev–Trinajstić information content (AvgIpc) is 2.81. The fourth-order valence-corrected chi connectivity index (χ4v) is 3.75. The number of piperidine rings is 1. The lowest BCUT2D eigenvalue weighted by Crippen LogP contribution is -2.39. The highest BCUT2D eigenvalue weighted by molar-refractivity contribution is 7.98. The van der Waals surface area contributed by atoms with Gasteiger partial charge in [-0.25, -0.2) is 13.8 Å². The molecule has 2 nitrogen and oxygen atoms in total. The number of hydrogen-bond donors (Lipinski definition) is 0. The lowest BCUT2D eigenvalue weighted by molar-refractivity contribution is -0.0220. The quantitative estimate of drug-likeness (QED) is 0.771.